The summed E-state index contributed by atoms with van der Waals surface area (Å²) in [6.07, 6.45) is 1.46. The van der Waals surface area contributed by atoms with Gasteiger partial charge in [-0.15, -0.1) is 0 Å². The molecule has 6 nitrogen and oxygen atoms in total. The number of piperazine rings is 1. The first kappa shape index (κ1) is 21.4. The maximum atomic E-state index is 13.3. The smallest absolute Gasteiger partial charge is 0.270 e. The van der Waals surface area contributed by atoms with E-state index < -0.39 is 0 Å². The number of carbonyl (C=O) groups excluding carboxylic acids is 2. The Morgan fingerprint density at radius 3 is 2.41 bits per heavy atom. The van der Waals surface area contributed by atoms with E-state index in [9.17, 15) is 9.59 Å². The predicted octanol–water partition coefficient (Wildman–Crippen LogP) is 3.81. The van der Waals surface area contributed by atoms with Crippen LogP contribution in [-0.4, -0.2) is 58.9 Å². The molecule has 1 aliphatic heterocycles. The molecule has 0 radical (unpaired) electrons. The Labute approximate surface area is 173 Å². The number of hydrogen-bond donors (Lipinski definition) is 1. The topological polar surface area (TPSA) is 57.6 Å². The average Bonchev–Trinajstić information content (AvgIpc) is 3.05. The van der Waals surface area contributed by atoms with Gasteiger partial charge in [0.05, 0.1) is 0 Å². The number of amides is 2. The first-order valence-electron chi connectivity index (χ1n) is 10.9. The second-order valence-electron chi connectivity index (χ2n) is 8.33. The SMILES string of the molecule is CCCn1c(C(=O)N2CCN(CC)CC2)cc2cc(NC(=O)CC(C)C)ccc21. The van der Waals surface area contributed by atoms with Crippen LogP contribution in [0.25, 0.3) is 10.9 Å². The molecule has 0 atom stereocenters. The molecule has 29 heavy (non-hydrogen) atoms. The Balaban J connectivity index is 1.85. The van der Waals surface area contributed by atoms with Gasteiger partial charge in [0.1, 0.15) is 5.69 Å². The van der Waals surface area contributed by atoms with Gasteiger partial charge in [-0.05, 0) is 43.1 Å². The summed E-state index contributed by atoms with van der Waals surface area (Å²) < 4.78 is 2.13. The van der Waals surface area contributed by atoms with Gasteiger partial charge in [-0.2, -0.15) is 0 Å². The van der Waals surface area contributed by atoms with E-state index in [0.717, 1.165) is 68.0 Å². The van der Waals surface area contributed by atoms with Gasteiger partial charge < -0.3 is 19.7 Å². The molecule has 0 spiro atoms. The van der Waals surface area contributed by atoms with Crippen LogP contribution in [0.2, 0.25) is 0 Å². The molecule has 1 saturated heterocycles. The number of aromatic nitrogens is 1. The van der Waals surface area contributed by atoms with Crippen LogP contribution in [0.4, 0.5) is 5.69 Å². The lowest BCUT2D eigenvalue weighted by atomic mass is 10.1. The maximum Gasteiger partial charge on any atom is 0.270 e. The van der Waals surface area contributed by atoms with E-state index in [4.69, 9.17) is 0 Å². The van der Waals surface area contributed by atoms with Crippen molar-refractivity contribution in [3.05, 3.63) is 30.0 Å². The van der Waals surface area contributed by atoms with Gasteiger partial charge in [0.25, 0.3) is 5.91 Å². The van der Waals surface area contributed by atoms with Crippen LogP contribution in [0.15, 0.2) is 24.3 Å². The number of nitrogens with zero attached hydrogens (tertiary/aromatic N) is 3. The van der Waals surface area contributed by atoms with Gasteiger partial charge in [-0.3, -0.25) is 9.59 Å². The van der Waals surface area contributed by atoms with Crippen molar-refractivity contribution >= 4 is 28.4 Å². The van der Waals surface area contributed by atoms with E-state index in [0.29, 0.717) is 12.3 Å². The third-order valence-electron chi connectivity index (χ3n) is 5.55. The van der Waals surface area contributed by atoms with Gasteiger partial charge >= 0.3 is 0 Å². The molecule has 2 aromatic rings. The number of fused-ring (bicyclic) bond motifs is 1. The molecule has 2 amide bonds. The Hall–Kier alpha value is -2.34. The zero-order valence-corrected chi connectivity index (χ0v) is 18.2. The molecule has 158 valence electrons. The van der Waals surface area contributed by atoms with E-state index >= 15 is 0 Å². The molecule has 3 rings (SSSR count). The third kappa shape index (κ3) is 4.99. The summed E-state index contributed by atoms with van der Waals surface area (Å²) in [6, 6.07) is 7.91. The fourth-order valence-electron chi connectivity index (χ4n) is 4.00. The highest BCUT2D eigenvalue weighted by atomic mass is 16.2. The highest BCUT2D eigenvalue weighted by Gasteiger charge is 2.24. The van der Waals surface area contributed by atoms with E-state index in [1.165, 1.54) is 0 Å². The Kier molecular flexibility index (Phi) is 6.96. The predicted molar refractivity (Wildman–Crippen MR) is 118 cm³/mol. The average molecular weight is 399 g/mol. The van der Waals surface area contributed by atoms with Crippen molar-refractivity contribution in [1.29, 1.82) is 0 Å². The van der Waals surface area contributed by atoms with Gasteiger partial charge in [0.15, 0.2) is 0 Å². The summed E-state index contributed by atoms with van der Waals surface area (Å²) in [5.74, 6) is 0.454. The zero-order valence-electron chi connectivity index (χ0n) is 18.2. The van der Waals surface area contributed by atoms with Crippen LogP contribution in [0.1, 0.15) is 51.0 Å². The van der Waals surface area contributed by atoms with Crippen LogP contribution in [0.5, 0.6) is 0 Å². The highest BCUT2D eigenvalue weighted by molar-refractivity contribution is 6.00. The summed E-state index contributed by atoms with van der Waals surface area (Å²) in [5.41, 5.74) is 2.58. The Morgan fingerprint density at radius 1 is 1.07 bits per heavy atom. The first-order chi connectivity index (χ1) is 13.9. The molecule has 1 N–H and O–H groups in total. The fraction of sp³-hybridized carbons (Fsp3) is 0.565. The van der Waals surface area contributed by atoms with Crippen LogP contribution in [0, 0.1) is 5.92 Å². The Morgan fingerprint density at radius 2 is 1.79 bits per heavy atom. The zero-order chi connectivity index (χ0) is 21.0. The molecule has 1 aromatic heterocycles. The molecule has 1 aliphatic rings. The number of nitrogens with one attached hydrogen (secondary N) is 1. The normalized spacial score (nSPS) is 15.3. The number of hydrogen-bond acceptors (Lipinski definition) is 3. The minimum absolute atomic E-state index is 0.0254. The highest BCUT2D eigenvalue weighted by Crippen LogP contribution is 2.25. The molecule has 2 heterocycles. The number of anilines is 1. The molecule has 6 heteroatoms. The lowest BCUT2D eigenvalue weighted by molar-refractivity contribution is -0.116. The minimum Gasteiger partial charge on any atom is -0.337 e. The van der Waals surface area contributed by atoms with Crippen LogP contribution < -0.4 is 5.32 Å². The summed E-state index contributed by atoms with van der Waals surface area (Å²) in [7, 11) is 0. The number of carbonyl (C=O) groups is 2. The number of likely N-dealkylation sites (N-methyl/N-ethyl adjacent to an activating group) is 1. The molecule has 1 fully saturated rings. The number of aryl methyl sites for hydroxylation is 1. The monoisotopic (exact) mass is 398 g/mol. The van der Waals surface area contributed by atoms with Crippen molar-refractivity contribution in [2.24, 2.45) is 5.92 Å². The van der Waals surface area contributed by atoms with Crippen LogP contribution in [0.3, 0.4) is 0 Å². The summed E-state index contributed by atoms with van der Waals surface area (Å²) in [6.45, 7) is 13.6. The van der Waals surface area contributed by atoms with Crippen LogP contribution in [-0.2, 0) is 11.3 Å². The lowest BCUT2D eigenvalue weighted by Gasteiger charge is -2.34. The molecule has 0 bridgehead atoms. The largest absolute Gasteiger partial charge is 0.337 e. The summed E-state index contributed by atoms with van der Waals surface area (Å²) in [4.78, 5) is 29.7. The van der Waals surface area contributed by atoms with E-state index in [-0.39, 0.29) is 11.8 Å². The van der Waals surface area contributed by atoms with Gasteiger partial charge in [-0.1, -0.05) is 27.7 Å². The molecule has 0 saturated carbocycles. The van der Waals surface area contributed by atoms with E-state index in [1.54, 1.807) is 0 Å². The van der Waals surface area contributed by atoms with Gasteiger partial charge in [0.2, 0.25) is 5.91 Å². The van der Waals surface area contributed by atoms with Crippen molar-refractivity contribution in [3.63, 3.8) is 0 Å². The van der Waals surface area contributed by atoms with E-state index in [1.807, 2.05) is 43.0 Å². The third-order valence-corrected chi connectivity index (χ3v) is 5.55. The molecule has 0 unspecified atom stereocenters. The van der Waals surface area contributed by atoms with Crippen molar-refractivity contribution in [3.8, 4) is 0 Å². The van der Waals surface area contributed by atoms with Crippen molar-refractivity contribution in [2.45, 2.75) is 47.1 Å². The van der Waals surface area contributed by atoms with Gasteiger partial charge in [0, 0.05) is 55.7 Å². The standard InChI is InChI=1S/C23H34N4O2/c1-5-9-27-20-8-7-19(24-22(28)14-17(3)4)15-18(20)16-21(27)23(29)26-12-10-25(6-2)11-13-26/h7-8,15-17H,5-6,9-14H2,1-4H3,(H,24,28). The molecule has 0 aliphatic carbocycles. The summed E-state index contributed by atoms with van der Waals surface area (Å²) in [5, 5.41) is 3.98. The van der Waals surface area contributed by atoms with E-state index in [2.05, 4.69) is 28.6 Å². The van der Waals surface area contributed by atoms with Crippen molar-refractivity contribution in [1.82, 2.24) is 14.4 Å². The van der Waals surface area contributed by atoms with Crippen molar-refractivity contribution in [2.75, 3.05) is 38.0 Å². The second kappa shape index (κ2) is 9.44. The lowest BCUT2D eigenvalue weighted by Crippen LogP contribution is -2.48. The fourth-order valence-corrected chi connectivity index (χ4v) is 4.00. The first-order valence-corrected chi connectivity index (χ1v) is 10.9. The van der Waals surface area contributed by atoms with Crippen molar-refractivity contribution < 1.29 is 9.59 Å². The summed E-state index contributed by atoms with van der Waals surface area (Å²) >= 11 is 0. The second-order valence-corrected chi connectivity index (χ2v) is 8.33. The quantitative estimate of drug-likeness (QED) is 0.771. The number of rotatable bonds is 7. The number of benzene rings is 1. The molecule has 1 aromatic carbocycles. The minimum atomic E-state index is 0.0254. The van der Waals surface area contributed by atoms with Gasteiger partial charge in [-0.25, -0.2) is 0 Å². The maximum absolute atomic E-state index is 13.3. The Bertz CT molecular complexity index is 863. The van der Waals surface area contributed by atoms with Crippen LogP contribution >= 0.6 is 0 Å². The molecular weight excluding hydrogens is 364 g/mol. The molecular formula is C23H34N4O2.